The van der Waals surface area contributed by atoms with Crippen LogP contribution in [-0.2, 0) is 0 Å². The van der Waals surface area contributed by atoms with Crippen LogP contribution in [0.2, 0.25) is 0 Å². The molecule has 0 spiro atoms. The van der Waals surface area contributed by atoms with Gasteiger partial charge in [0.05, 0.1) is 0 Å². The maximum absolute atomic E-state index is 8.22. The van der Waals surface area contributed by atoms with Crippen molar-refractivity contribution < 1.29 is 0 Å². The molecule has 1 atom stereocenters. The molecule has 0 aromatic heterocycles. The fraction of sp³-hybridized carbons (Fsp3) is 1.00. The molecule has 0 aliphatic rings. The van der Waals surface area contributed by atoms with Crippen molar-refractivity contribution in [2.24, 2.45) is 5.11 Å². The highest BCUT2D eigenvalue weighted by Crippen LogP contribution is 2.10. The van der Waals surface area contributed by atoms with E-state index in [0.29, 0.717) is 0 Å². The van der Waals surface area contributed by atoms with Gasteiger partial charge in [-0.05, 0) is 18.4 Å². The minimum absolute atomic E-state index is 0.241. The molecule has 0 saturated heterocycles. The summed E-state index contributed by atoms with van der Waals surface area (Å²) in [4.78, 5) is 2.83. The normalized spacial score (nSPS) is 12.2. The Hall–Kier alpha value is -0.690. The Morgan fingerprint density at radius 3 is 2.45 bits per heavy atom. The van der Waals surface area contributed by atoms with Gasteiger partial charge < -0.3 is 0 Å². The van der Waals surface area contributed by atoms with Crippen molar-refractivity contribution in [3.05, 3.63) is 10.4 Å². The number of unbranched alkanes of at least 4 members (excludes halogenated alkanes) is 1. The van der Waals surface area contributed by atoms with Crippen LogP contribution < -0.4 is 0 Å². The smallest absolute Gasteiger partial charge is 0.0374 e. The van der Waals surface area contributed by atoms with Gasteiger partial charge in [0.15, 0.2) is 0 Å². The van der Waals surface area contributed by atoms with E-state index in [2.05, 4.69) is 23.9 Å². The molecule has 3 heteroatoms. The fourth-order valence-electron chi connectivity index (χ4n) is 1.11. The van der Waals surface area contributed by atoms with E-state index in [1.54, 1.807) is 0 Å². The summed E-state index contributed by atoms with van der Waals surface area (Å²) < 4.78 is 0. The van der Waals surface area contributed by atoms with Crippen molar-refractivity contribution in [3.8, 4) is 0 Å². The quantitative estimate of drug-likeness (QED) is 0.319. The minimum Gasteiger partial charge on any atom is -0.0906 e. The van der Waals surface area contributed by atoms with Gasteiger partial charge in [-0.3, -0.25) is 0 Å². The monoisotopic (exact) mass is 155 g/mol. The third-order valence-electron chi connectivity index (χ3n) is 1.73. The number of rotatable bonds is 6. The van der Waals surface area contributed by atoms with E-state index in [9.17, 15) is 0 Å². The largest absolute Gasteiger partial charge is 0.0906 e. The molecule has 0 aromatic rings. The number of azide groups is 1. The van der Waals surface area contributed by atoms with Gasteiger partial charge in [-0.2, -0.15) is 0 Å². The Morgan fingerprint density at radius 1 is 1.27 bits per heavy atom. The van der Waals surface area contributed by atoms with E-state index in [1.807, 2.05) is 0 Å². The third kappa shape index (κ3) is 5.74. The Bertz CT molecular complexity index is 127. The van der Waals surface area contributed by atoms with Crippen LogP contribution in [0, 0.1) is 0 Å². The van der Waals surface area contributed by atoms with Crippen molar-refractivity contribution >= 4 is 0 Å². The summed E-state index contributed by atoms with van der Waals surface area (Å²) in [5, 5.41) is 3.73. The number of nitrogens with zero attached hydrogens (tertiary/aromatic N) is 3. The molecule has 11 heavy (non-hydrogen) atoms. The predicted molar refractivity (Wildman–Crippen MR) is 47.4 cm³/mol. The second-order valence-corrected chi connectivity index (χ2v) is 2.79. The number of hydrogen-bond donors (Lipinski definition) is 0. The summed E-state index contributed by atoms with van der Waals surface area (Å²) in [6.45, 7) is 4.27. The van der Waals surface area contributed by atoms with E-state index in [1.165, 1.54) is 12.8 Å². The first-order chi connectivity index (χ1) is 5.35. The van der Waals surface area contributed by atoms with Gasteiger partial charge in [-0.25, -0.2) is 0 Å². The van der Waals surface area contributed by atoms with Crippen LogP contribution in [0.25, 0.3) is 10.4 Å². The lowest BCUT2D eigenvalue weighted by Crippen LogP contribution is -2.01. The molecule has 0 unspecified atom stereocenters. The molecule has 0 saturated carbocycles. The first kappa shape index (κ1) is 10.3. The zero-order valence-corrected chi connectivity index (χ0v) is 7.45. The molecule has 64 valence electrons. The SMILES string of the molecule is CCCC[C@H](CCC)N=[N+]=[N-]. The lowest BCUT2D eigenvalue weighted by atomic mass is 10.1. The topological polar surface area (TPSA) is 48.8 Å². The molecule has 0 aromatic carbocycles. The summed E-state index contributed by atoms with van der Waals surface area (Å²) in [6.07, 6.45) is 5.54. The molecule has 0 radical (unpaired) electrons. The van der Waals surface area contributed by atoms with Gasteiger partial charge in [-0.15, -0.1) is 0 Å². The zero-order valence-electron chi connectivity index (χ0n) is 7.45. The van der Waals surface area contributed by atoms with Crippen LogP contribution in [0.1, 0.15) is 46.0 Å². The summed E-state index contributed by atoms with van der Waals surface area (Å²) in [5.41, 5.74) is 8.22. The van der Waals surface area contributed by atoms with Crippen LogP contribution in [0.4, 0.5) is 0 Å². The molecule has 3 nitrogen and oxygen atoms in total. The van der Waals surface area contributed by atoms with E-state index in [-0.39, 0.29) is 6.04 Å². The van der Waals surface area contributed by atoms with Gasteiger partial charge >= 0.3 is 0 Å². The third-order valence-corrected chi connectivity index (χ3v) is 1.73. The lowest BCUT2D eigenvalue weighted by molar-refractivity contribution is 0.533. The molecule has 0 heterocycles. The second kappa shape index (κ2) is 7.42. The van der Waals surface area contributed by atoms with Crippen molar-refractivity contribution in [3.63, 3.8) is 0 Å². The van der Waals surface area contributed by atoms with Crippen molar-refractivity contribution in [1.82, 2.24) is 0 Å². The molecule has 0 aliphatic carbocycles. The second-order valence-electron chi connectivity index (χ2n) is 2.79. The Labute approximate surface area is 68.4 Å². The predicted octanol–water partition coefficient (Wildman–Crippen LogP) is 3.66. The summed E-state index contributed by atoms with van der Waals surface area (Å²) >= 11 is 0. The molecule has 0 fully saturated rings. The zero-order chi connectivity index (χ0) is 8.53. The first-order valence-corrected chi connectivity index (χ1v) is 4.39. The van der Waals surface area contributed by atoms with Crippen LogP contribution >= 0.6 is 0 Å². The van der Waals surface area contributed by atoms with Crippen LogP contribution in [0.15, 0.2) is 5.11 Å². The molecule has 0 rings (SSSR count). The Balaban J connectivity index is 3.59. The maximum Gasteiger partial charge on any atom is 0.0374 e. The van der Waals surface area contributed by atoms with E-state index in [4.69, 9.17) is 5.53 Å². The lowest BCUT2D eigenvalue weighted by Gasteiger charge is -2.07. The number of hydrogen-bond acceptors (Lipinski definition) is 1. The first-order valence-electron chi connectivity index (χ1n) is 4.39. The molecular weight excluding hydrogens is 138 g/mol. The van der Waals surface area contributed by atoms with Crippen molar-refractivity contribution in [1.29, 1.82) is 0 Å². The summed E-state index contributed by atoms with van der Waals surface area (Å²) in [7, 11) is 0. The van der Waals surface area contributed by atoms with E-state index >= 15 is 0 Å². The molecule has 0 aliphatic heterocycles. The minimum atomic E-state index is 0.241. The van der Waals surface area contributed by atoms with Gasteiger partial charge in [0, 0.05) is 11.0 Å². The highest BCUT2D eigenvalue weighted by molar-refractivity contribution is 4.65. The van der Waals surface area contributed by atoms with Gasteiger partial charge in [0.2, 0.25) is 0 Å². The molecular formula is C8H17N3. The Morgan fingerprint density at radius 2 is 2.00 bits per heavy atom. The van der Waals surface area contributed by atoms with Gasteiger partial charge in [0.25, 0.3) is 0 Å². The van der Waals surface area contributed by atoms with Crippen molar-refractivity contribution in [2.75, 3.05) is 0 Å². The highest BCUT2D eigenvalue weighted by atomic mass is 15.1. The van der Waals surface area contributed by atoms with Crippen LogP contribution in [-0.4, -0.2) is 6.04 Å². The highest BCUT2D eigenvalue weighted by Gasteiger charge is 2.02. The summed E-state index contributed by atoms with van der Waals surface area (Å²) in [5.74, 6) is 0. The van der Waals surface area contributed by atoms with E-state index in [0.717, 1.165) is 19.3 Å². The van der Waals surface area contributed by atoms with Crippen LogP contribution in [0.5, 0.6) is 0 Å². The van der Waals surface area contributed by atoms with E-state index < -0.39 is 0 Å². The molecule has 0 N–H and O–H groups in total. The van der Waals surface area contributed by atoms with Gasteiger partial charge in [0.1, 0.15) is 0 Å². The average molecular weight is 155 g/mol. The maximum atomic E-state index is 8.22. The standard InChI is InChI=1S/C8H17N3/c1-3-5-7-8(6-4-2)10-11-9/h8H,3-7H2,1-2H3/t8-/m0/s1. The van der Waals surface area contributed by atoms with Crippen molar-refractivity contribution in [2.45, 2.75) is 52.0 Å². The summed E-state index contributed by atoms with van der Waals surface area (Å²) in [6, 6.07) is 0.241. The fourth-order valence-corrected chi connectivity index (χ4v) is 1.11. The van der Waals surface area contributed by atoms with Crippen LogP contribution in [0.3, 0.4) is 0 Å². The molecule has 0 bridgehead atoms. The Kier molecular flexibility index (Phi) is 6.95. The molecule has 0 amide bonds. The average Bonchev–Trinajstić information content (AvgIpc) is 2.01. The van der Waals surface area contributed by atoms with Gasteiger partial charge in [-0.1, -0.05) is 38.2 Å².